The standard InChI is InChI=1S/C24H20ClN3O3S/c1-15-17(25)9-7-11-18(15)26-22(29)14-32-24-27-19-10-4-3-8-16(19)23(30)28(24)20-12-5-6-13-21(20)31-2/h3-13H,14H2,1-2H3,(H,26,29). The van der Waals surface area contributed by atoms with Gasteiger partial charge in [0.05, 0.1) is 29.5 Å². The maximum Gasteiger partial charge on any atom is 0.266 e. The Morgan fingerprint density at radius 2 is 1.84 bits per heavy atom. The number of anilines is 1. The highest BCUT2D eigenvalue weighted by molar-refractivity contribution is 7.99. The van der Waals surface area contributed by atoms with Crippen LogP contribution in [0, 0.1) is 6.92 Å². The zero-order valence-electron chi connectivity index (χ0n) is 17.5. The van der Waals surface area contributed by atoms with Gasteiger partial charge in [-0.05, 0) is 48.9 Å². The van der Waals surface area contributed by atoms with Crippen molar-refractivity contribution in [2.75, 3.05) is 18.2 Å². The van der Waals surface area contributed by atoms with Crippen molar-refractivity contribution in [3.05, 3.63) is 87.7 Å². The molecule has 0 aliphatic heterocycles. The van der Waals surface area contributed by atoms with Crippen LogP contribution >= 0.6 is 23.4 Å². The molecule has 1 aromatic heterocycles. The number of fused-ring (bicyclic) bond motifs is 1. The monoisotopic (exact) mass is 465 g/mol. The summed E-state index contributed by atoms with van der Waals surface area (Å²) < 4.78 is 6.95. The van der Waals surface area contributed by atoms with Crippen molar-refractivity contribution >= 4 is 45.9 Å². The first-order valence-electron chi connectivity index (χ1n) is 9.82. The van der Waals surface area contributed by atoms with Crippen molar-refractivity contribution in [1.82, 2.24) is 9.55 Å². The molecule has 3 aromatic carbocycles. The summed E-state index contributed by atoms with van der Waals surface area (Å²) >= 11 is 7.32. The van der Waals surface area contributed by atoms with Gasteiger partial charge in [0, 0.05) is 10.7 Å². The Labute approximate surface area is 194 Å². The molecule has 0 spiro atoms. The third-order valence-electron chi connectivity index (χ3n) is 4.95. The van der Waals surface area contributed by atoms with E-state index in [0.29, 0.717) is 38.2 Å². The largest absolute Gasteiger partial charge is 0.495 e. The summed E-state index contributed by atoms with van der Waals surface area (Å²) in [6, 6.07) is 19.7. The Kier molecular flexibility index (Phi) is 6.48. The van der Waals surface area contributed by atoms with Crippen molar-refractivity contribution in [3.63, 3.8) is 0 Å². The molecule has 0 fully saturated rings. The lowest BCUT2D eigenvalue weighted by atomic mass is 10.2. The lowest BCUT2D eigenvalue weighted by Gasteiger charge is -2.16. The van der Waals surface area contributed by atoms with E-state index >= 15 is 0 Å². The Morgan fingerprint density at radius 1 is 1.09 bits per heavy atom. The fraction of sp³-hybridized carbons (Fsp3) is 0.125. The molecule has 6 nitrogen and oxygen atoms in total. The van der Waals surface area contributed by atoms with Gasteiger partial charge in [0.2, 0.25) is 5.91 Å². The lowest BCUT2D eigenvalue weighted by Crippen LogP contribution is -2.23. The highest BCUT2D eigenvalue weighted by atomic mass is 35.5. The smallest absolute Gasteiger partial charge is 0.266 e. The first kappa shape index (κ1) is 21.9. The summed E-state index contributed by atoms with van der Waals surface area (Å²) in [5.74, 6) is 0.369. The zero-order chi connectivity index (χ0) is 22.7. The van der Waals surface area contributed by atoms with Crippen LogP contribution in [0.25, 0.3) is 16.6 Å². The summed E-state index contributed by atoms with van der Waals surface area (Å²) in [5.41, 5.74) is 2.34. The van der Waals surface area contributed by atoms with E-state index in [0.717, 1.165) is 5.56 Å². The van der Waals surface area contributed by atoms with Crippen molar-refractivity contribution in [2.45, 2.75) is 12.1 Å². The van der Waals surface area contributed by atoms with Crippen LogP contribution in [0.3, 0.4) is 0 Å². The Bertz CT molecular complexity index is 1370. The van der Waals surface area contributed by atoms with Crippen LogP contribution in [-0.2, 0) is 4.79 Å². The van der Waals surface area contributed by atoms with Gasteiger partial charge in [0.1, 0.15) is 5.75 Å². The number of para-hydroxylation sites is 3. The minimum absolute atomic E-state index is 0.0614. The minimum atomic E-state index is -0.228. The molecule has 1 heterocycles. The molecule has 4 aromatic rings. The second-order valence-corrected chi connectivity index (χ2v) is 8.32. The molecule has 1 amide bonds. The van der Waals surface area contributed by atoms with Crippen LogP contribution in [-0.4, -0.2) is 28.3 Å². The van der Waals surface area contributed by atoms with E-state index in [-0.39, 0.29) is 17.2 Å². The number of aromatic nitrogens is 2. The molecule has 0 unspecified atom stereocenters. The molecule has 1 N–H and O–H groups in total. The molecule has 32 heavy (non-hydrogen) atoms. The zero-order valence-corrected chi connectivity index (χ0v) is 19.0. The maximum absolute atomic E-state index is 13.4. The number of methoxy groups -OCH3 is 1. The van der Waals surface area contributed by atoms with Gasteiger partial charge in [-0.25, -0.2) is 4.98 Å². The van der Waals surface area contributed by atoms with Gasteiger partial charge in [-0.3, -0.25) is 14.2 Å². The first-order chi connectivity index (χ1) is 15.5. The Balaban J connectivity index is 1.71. The molecule has 162 valence electrons. The van der Waals surface area contributed by atoms with E-state index in [9.17, 15) is 9.59 Å². The maximum atomic E-state index is 13.4. The number of nitrogens with one attached hydrogen (secondary N) is 1. The normalized spacial score (nSPS) is 10.8. The highest BCUT2D eigenvalue weighted by Gasteiger charge is 2.17. The van der Waals surface area contributed by atoms with Crippen LogP contribution in [0.4, 0.5) is 5.69 Å². The van der Waals surface area contributed by atoms with Gasteiger partial charge < -0.3 is 10.1 Å². The molecular formula is C24H20ClN3O3S. The van der Waals surface area contributed by atoms with E-state index < -0.39 is 0 Å². The van der Waals surface area contributed by atoms with Crippen LogP contribution in [0.2, 0.25) is 5.02 Å². The van der Waals surface area contributed by atoms with E-state index in [1.807, 2.05) is 25.1 Å². The SMILES string of the molecule is COc1ccccc1-n1c(SCC(=O)Nc2cccc(Cl)c2C)nc2ccccc2c1=O. The summed E-state index contributed by atoms with van der Waals surface area (Å²) in [5, 5.41) is 4.34. The quantitative estimate of drug-likeness (QED) is 0.317. The van der Waals surface area contributed by atoms with Crippen molar-refractivity contribution < 1.29 is 9.53 Å². The van der Waals surface area contributed by atoms with Crippen LogP contribution < -0.4 is 15.6 Å². The number of halogens is 1. The van der Waals surface area contributed by atoms with Crippen molar-refractivity contribution in [1.29, 1.82) is 0 Å². The van der Waals surface area contributed by atoms with Crippen LogP contribution in [0.5, 0.6) is 5.75 Å². The average molecular weight is 466 g/mol. The second-order valence-electron chi connectivity index (χ2n) is 6.97. The molecule has 0 saturated heterocycles. The first-order valence-corrected chi connectivity index (χ1v) is 11.2. The molecule has 0 atom stereocenters. The molecular weight excluding hydrogens is 446 g/mol. The van der Waals surface area contributed by atoms with E-state index in [1.54, 1.807) is 55.6 Å². The number of nitrogens with zero attached hydrogens (tertiary/aromatic N) is 2. The molecule has 0 radical (unpaired) electrons. The molecule has 8 heteroatoms. The fourth-order valence-electron chi connectivity index (χ4n) is 3.30. The second kappa shape index (κ2) is 9.46. The predicted molar refractivity (Wildman–Crippen MR) is 129 cm³/mol. The topological polar surface area (TPSA) is 73.2 Å². The number of benzene rings is 3. The van der Waals surface area contributed by atoms with Crippen LogP contribution in [0.1, 0.15) is 5.56 Å². The summed E-state index contributed by atoms with van der Waals surface area (Å²) in [6.07, 6.45) is 0. The summed E-state index contributed by atoms with van der Waals surface area (Å²) in [6.45, 7) is 1.84. The fourth-order valence-corrected chi connectivity index (χ4v) is 4.28. The molecule has 0 aliphatic carbocycles. The summed E-state index contributed by atoms with van der Waals surface area (Å²) in [4.78, 5) is 30.7. The van der Waals surface area contributed by atoms with Gasteiger partial charge in [-0.1, -0.05) is 53.7 Å². The number of hydrogen-bond donors (Lipinski definition) is 1. The van der Waals surface area contributed by atoms with E-state index in [4.69, 9.17) is 16.3 Å². The van der Waals surface area contributed by atoms with E-state index in [1.165, 1.54) is 16.3 Å². The number of carbonyl (C=O) groups excluding carboxylic acids is 1. The summed E-state index contributed by atoms with van der Waals surface area (Å²) in [7, 11) is 1.55. The predicted octanol–water partition coefficient (Wildman–Crippen LogP) is 5.09. The third-order valence-corrected chi connectivity index (χ3v) is 6.29. The lowest BCUT2D eigenvalue weighted by molar-refractivity contribution is -0.113. The average Bonchev–Trinajstić information content (AvgIpc) is 2.81. The third kappa shape index (κ3) is 4.35. The van der Waals surface area contributed by atoms with Gasteiger partial charge in [-0.2, -0.15) is 0 Å². The molecule has 4 rings (SSSR count). The van der Waals surface area contributed by atoms with Gasteiger partial charge in [-0.15, -0.1) is 0 Å². The highest BCUT2D eigenvalue weighted by Crippen LogP contribution is 2.28. The number of amides is 1. The van der Waals surface area contributed by atoms with Gasteiger partial charge in [0.25, 0.3) is 5.56 Å². The number of hydrogen-bond acceptors (Lipinski definition) is 5. The number of carbonyl (C=O) groups is 1. The number of thioether (sulfide) groups is 1. The molecule has 0 aliphatic rings. The number of rotatable bonds is 6. The number of ether oxygens (including phenoxy) is 1. The van der Waals surface area contributed by atoms with Crippen molar-refractivity contribution in [3.8, 4) is 11.4 Å². The van der Waals surface area contributed by atoms with Gasteiger partial charge >= 0.3 is 0 Å². The molecule has 0 saturated carbocycles. The van der Waals surface area contributed by atoms with Crippen molar-refractivity contribution in [2.24, 2.45) is 0 Å². The van der Waals surface area contributed by atoms with Gasteiger partial charge in [0.15, 0.2) is 5.16 Å². The minimum Gasteiger partial charge on any atom is -0.495 e. The Morgan fingerprint density at radius 3 is 2.66 bits per heavy atom. The molecule has 0 bridgehead atoms. The Hall–Kier alpha value is -3.29. The van der Waals surface area contributed by atoms with E-state index in [2.05, 4.69) is 10.3 Å². The van der Waals surface area contributed by atoms with Crippen LogP contribution in [0.15, 0.2) is 76.7 Å².